The van der Waals surface area contributed by atoms with Crippen molar-refractivity contribution >= 4 is 5.91 Å². The van der Waals surface area contributed by atoms with Crippen LogP contribution in [0.15, 0.2) is 53.1 Å². The van der Waals surface area contributed by atoms with Crippen molar-refractivity contribution in [2.24, 2.45) is 0 Å². The molecule has 5 nitrogen and oxygen atoms in total. The fourth-order valence-electron chi connectivity index (χ4n) is 3.52. The second kappa shape index (κ2) is 9.55. The molecule has 140 valence electrons. The Kier molecular flexibility index (Phi) is 6.86. The van der Waals surface area contributed by atoms with Gasteiger partial charge in [0, 0.05) is 25.6 Å². The molecule has 1 atom stereocenters. The molecule has 1 N–H and O–H groups in total. The SMILES string of the molecule is CN1CCCN(CC(=O)NCCC(c2ccccc2)c2ccco2)CC1. The van der Waals surface area contributed by atoms with E-state index in [0.29, 0.717) is 13.1 Å². The van der Waals surface area contributed by atoms with Gasteiger partial charge in [-0.3, -0.25) is 9.69 Å². The molecule has 0 aliphatic carbocycles. The Labute approximate surface area is 156 Å². The largest absolute Gasteiger partial charge is 0.469 e. The molecule has 1 aliphatic rings. The van der Waals surface area contributed by atoms with Crippen LogP contribution >= 0.6 is 0 Å². The molecule has 0 spiro atoms. The fourth-order valence-corrected chi connectivity index (χ4v) is 3.52. The average Bonchev–Trinajstić information content (AvgIpc) is 3.10. The zero-order valence-corrected chi connectivity index (χ0v) is 15.6. The predicted octanol–water partition coefficient (Wildman–Crippen LogP) is 2.56. The van der Waals surface area contributed by atoms with E-state index in [1.165, 1.54) is 5.56 Å². The van der Waals surface area contributed by atoms with E-state index in [9.17, 15) is 4.79 Å². The summed E-state index contributed by atoms with van der Waals surface area (Å²) in [6.45, 7) is 5.24. The Balaban J connectivity index is 1.49. The van der Waals surface area contributed by atoms with Gasteiger partial charge < -0.3 is 14.6 Å². The number of nitrogens with zero attached hydrogens (tertiary/aromatic N) is 2. The number of nitrogens with one attached hydrogen (secondary N) is 1. The maximum atomic E-state index is 12.3. The molecule has 2 aromatic rings. The highest BCUT2D eigenvalue weighted by molar-refractivity contribution is 5.78. The van der Waals surface area contributed by atoms with Gasteiger partial charge in [0.15, 0.2) is 0 Å². The lowest BCUT2D eigenvalue weighted by atomic mass is 9.93. The normalized spacial score (nSPS) is 17.6. The van der Waals surface area contributed by atoms with Crippen LogP contribution in [-0.4, -0.2) is 62.0 Å². The summed E-state index contributed by atoms with van der Waals surface area (Å²) in [6, 6.07) is 14.3. The van der Waals surface area contributed by atoms with E-state index >= 15 is 0 Å². The van der Waals surface area contributed by atoms with Gasteiger partial charge in [-0.1, -0.05) is 30.3 Å². The van der Waals surface area contributed by atoms with Crippen molar-refractivity contribution in [2.45, 2.75) is 18.8 Å². The van der Waals surface area contributed by atoms with Crippen molar-refractivity contribution in [3.8, 4) is 0 Å². The molecule has 0 saturated carbocycles. The molecule has 3 rings (SSSR count). The van der Waals surface area contributed by atoms with Crippen LogP contribution in [0.5, 0.6) is 0 Å². The summed E-state index contributed by atoms with van der Waals surface area (Å²) >= 11 is 0. The van der Waals surface area contributed by atoms with E-state index in [-0.39, 0.29) is 11.8 Å². The molecular formula is C21H29N3O2. The summed E-state index contributed by atoms with van der Waals surface area (Å²) in [5.74, 6) is 1.22. The number of carbonyl (C=O) groups is 1. The number of furan rings is 1. The standard InChI is InChI=1S/C21H29N3O2/c1-23-12-6-13-24(15-14-23)17-21(25)22-11-10-19(20-9-5-16-26-20)18-7-3-2-4-8-18/h2-5,7-9,16,19H,6,10-15,17H2,1H3,(H,22,25). The molecule has 2 heterocycles. The van der Waals surface area contributed by atoms with Crippen molar-refractivity contribution in [1.29, 1.82) is 0 Å². The predicted molar refractivity (Wildman–Crippen MR) is 103 cm³/mol. The van der Waals surface area contributed by atoms with Crippen LogP contribution in [0.1, 0.15) is 30.1 Å². The molecule has 1 unspecified atom stereocenters. The van der Waals surface area contributed by atoms with Gasteiger partial charge in [0.2, 0.25) is 5.91 Å². The van der Waals surface area contributed by atoms with Gasteiger partial charge in [-0.2, -0.15) is 0 Å². The third-order valence-corrected chi connectivity index (χ3v) is 5.02. The van der Waals surface area contributed by atoms with Crippen LogP contribution in [0.2, 0.25) is 0 Å². The second-order valence-electron chi connectivity index (χ2n) is 7.05. The van der Waals surface area contributed by atoms with Gasteiger partial charge in [-0.05, 0) is 50.7 Å². The minimum atomic E-state index is 0.112. The van der Waals surface area contributed by atoms with Crippen LogP contribution in [-0.2, 0) is 4.79 Å². The smallest absolute Gasteiger partial charge is 0.234 e. The van der Waals surface area contributed by atoms with E-state index in [0.717, 1.165) is 44.8 Å². The fraction of sp³-hybridized carbons (Fsp3) is 0.476. The highest BCUT2D eigenvalue weighted by atomic mass is 16.3. The maximum Gasteiger partial charge on any atom is 0.234 e. The first-order valence-corrected chi connectivity index (χ1v) is 9.48. The number of carbonyl (C=O) groups excluding carboxylic acids is 1. The molecule has 1 amide bonds. The van der Waals surface area contributed by atoms with Crippen LogP contribution < -0.4 is 5.32 Å². The Hall–Kier alpha value is -2.11. The summed E-state index contributed by atoms with van der Waals surface area (Å²) in [5.41, 5.74) is 1.22. The Morgan fingerprint density at radius 1 is 1.12 bits per heavy atom. The average molecular weight is 355 g/mol. The molecule has 26 heavy (non-hydrogen) atoms. The van der Waals surface area contributed by atoms with Gasteiger partial charge >= 0.3 is 0 Å². The number of rotatable bonds is 7. The third kappa shape index (κ3) is 5.44. The molecule has 1 fully saturated rings. The first-order chi connectivity index (χ1) is 12.7. The van der Waals surface area contributed by atoms with E-state index in [4.69, 9.17) is 4.42 Å². The Morgan fingerprint density at radius 3 is 2.73 bits per heavy atom. The topological polar surface area (TPSA) is 48.7 Å². The van der Waals surface area contributed by atoms with Crippen molar-refractivity contribution in [2.75, 3.05) is 46.3 Å². The molecule has 1 saturated heterocycles. The van der Waals surface area contributed by atoms with Gasteiger partial charge in [-0.15, -0.1) is 0 Å². The number of likely N-dealkylation sites (N-methyl/N-ethyl adjacent to an activating group) is 1. The lowest BCUT2D eigenvalue weighted by Gasteiger charge is -2.20. The Morgan fingerprint density at radius 2 is 1.96 bits per heavy atom. The molecule has 1 aromatic heterocycles. The zero-order chi connectivity index (χ0) is 18.2. The number of benzene rings is 1. The first kappa shape index (κ1) is 18.7. The van der Waals surface area contributed by atoms with Crippen molar-refractivity contribution in [3.63, 3.8) is 0 Å². The minimum Gasteiger partial charge on any atom is -0.469 e. The van der Waals surface area contributed by atoms with E-state index < -0.39 is 0 Å². The van der Waals surface area contributed by atoms with Crippen molar-refractivity contribution in [1.82, 2.24) is 15.1 Å². The minimum absolute atomic E-state index is 0.112. The van der Waals surface area contributed by atoms with Crippen LogP contribution in [0.3, 0.4) is 0 Å². The van der Waals surface area contributed by atoms with Gasteiger partial charge in [-0.25, -0.2) is 0 Å². The van der Waals surface area contributed by atoms with Crippen molar-refractivity contribution < 1.29 is 9.21 Å². The lowest BCUT2D eigenvalue weighted by molar-refractivity contribution is -0.122. The monoisotopic (exact) mass is 355 g/mol. The molecule has 0 radical (unpaired) electrons. The highest BCUT2D eigenvalue weighted by Crippen LogP contribution is 2.27. The number of hydrogen-bond acceptors (Lipinski definition) is 4. The van der Waals surface area contributed by atoms with Gasteiger partial charge in [0.1, 0.15) is 5.76 Å². The quantitative estimate of drug-likeness (QED) is 0.829. The molecule has 5 heteroatoms. The lowest BCUT2D eigenvalue weighted by Crippen LogP contribution is -2.39. The highest BCUT2D eigenvalue weighted by Gasteiger charge is 2.18. The van der Waals surface area contributed by atoms with Gasteiger partial charge in [0.05, 0.1) is 12.8 Å². The second-order valence-corrected chi connectivity index (χ2v) is 7.05. The van der Waals surface area contributed by atoms with E-state index in [2.05, 4.69) is 34.3 Å². The van der Waals surface area contributed by atoms with E-state index in [1.807, 2.05) is 30.3 Å². The molecule has 1 aromatic carbocycles. The van der Waals surface area contributed by atoms with Gasteiger partial charge in [0.25, 0.3) is 0 Å². The molecule has 0 bridgehead atoms. The number of amides is 1. The maximum absolute atomic E-state index is 12.3. The van der Waals surface area contributed by atoms with Crippen LogP contribution in [0.4, 0.5) is 0 Å². The summed E-state index contributed by atoms with van der Waals surface area (Å²) in [5, 5.41) is 3.09. The first-order valence-electron chi connectivity index (χ1n) is 9.48. The van der Waals surface area contributed by atoms with Crippen molar-refractivity contribution in [3.05, 3.63) is 60.1 Å². The third-order valence-electron chi connectivity index (χ3n) is 5.02. The zero-order valence-electron chi connectivity index (χ0n) is 15.6. The summed E-state index contributed by atoms with van der Waals surface area (Å²) in [4.78, 5) is 16.9. The summed E-state index contributed by atoms with van der Waals surface area (Å²) in [7, 11) is 2.14. The Bertz CT molecular complexity index is 657. The van der Waals surface area contributed by atoms with Crippen LogP contribution in [0, 0.1) is 0 Å². The van der Waals surface area contributed by atoms with E-state index in [1.54, 1.807) is 6.26 Å². The molecular weight excluding hydrogens is 326 g/mol. The number of hydrogen-bond donors (Lipinski definition) is 1. The summed E-state index contributed by atoms with van der Waals surface area (Å²) in [6.07, 6.45) is 3.66. The molecule has 1 aliphatic heterocycles. The van der Waals surface area contributed by atoms with Crippen LogP contribution in [0.25, 0.3) is 0 Å². The summed E-state index contributed by atoms with van der Waals surface area (Å²) < 4.78 is 5.63.